The zero-order chi connectivity index (χ0) is 21.1. The van der Waals surface area contributed by atoms with Crippen molar-refractivity contribution in [3.63, 3.8) is 0 Å². The van der Waals surface area contributed by atoms with Crippen molar-refractivity contribution in [3.05, 3.63) is 81.3 Å². The van der Waals surface area contributed by atoms with Gasteiger partial charge in [0.15, 0.2) is 10.9 Å². The van der Waals surface area contributed by atoms with Crippen molar-refractivity contribution < 1.29 is 18.5 Å². The predicted octanol–water partition coefficient (Wildman–Crippen LogP) is 4.74. The average molecular weight is 413 g/mol. The van der Waals surface area contributed by atoms with E-state index >= 15 is 0 Å². The van der Waals surface area contributed by atoms with Gasteiger partial charge < -0.3 is 9.73 Å². The van der Waals surface area contributed by atoms with Gasteiger partial charge in [-0.05, 0) is 61.5 Å². The van der Waals surface area contributed by atoms with Crippen LogP contribution in [0.15, 0.2) is 52.9 Å². The number of hydrogen-bond donors (Lipinski definition) is 2. The number of halogens is 1. The van der Waals surface area contributed by atoms with Gasteiger partial charge in [0.05, 0.1) is 10.6 Å². The fourth-order valence-corrected chi connectivity index (χ4v) is 2.75. The Morgan fingerprint density at radius 3 is 2.55 bits per heavy atom. The number of benzene rings is 2. The summed E-state index contributed by atoms with van der Waals surface area (Å²) in [4.78, 5) is 22.5. The monoisotopic (exact) mass is 413 g/mol. The molecule has 0 unspecified atom stereocenters. The second-order valence-electron chi connectivity index (χ2n) is 6.29. The topological polar surface area (TPSA) is 97.4 Å². The van der Waals surface area contributed by atoms with Crippen molar-refractivity contribution >= 4 is 34.6 Å². The number of nitro benzene ring substituents is 1. The molecule has 0 fully saturated rings. The number of nitro groups is 1. The molecule has 0 spiro atoms. The summed E-state index contributed by atoms with van der Waals surface area (Å²) >= 11 is 4.99. The number of anilines is 1. The van der Waals surface area contributed by atoms with Crippen LogP contribution in [-0.4, -0.2) is 15.9 Å². The molecule has 0 saturated heterocycles. The van der Waals surface area contributed by atoms with E-state index < -0.39 is 16.6 Å². The number of aryl methyl sites for hydroxylation is 2. The van der Waals surface area contributed by atoms with Crippen LogP contribution in [0, 0.1) is 29.8 Å². The number of carbonyl (C=O) groups is 1. The Kier molecular flexibility index (Phi) is 5.69. The Labute approximate surface area is 170 Å². The fourth-order valence-electron chi connectivity index (χ4n) is 2.55. The Morgan fingerprint density at radius 2 is 1.86 bits per heavy atom. The maximum atomic E-state index is 13.8. The van der Waals surface area contributed by atoms with Crippen LogP contribution in [-0.2, 0) is 0 Å². The number of hydrogen-bond acceptors (Lipinski definition) is 5. The van der Waals surface area contributed by atoms with Crippen LogP contribution in [0.2, 0.25) is 0 Å². The molecule has 0 radical (unpaired) electrons. The third-order valence-corrected chi connectivity index (χ3v) is 4.46. The molecule has 3 aromatic rings. The molecule has 9 heteroatoms. The minimum atomic E-state index is -0.748. The van der Waals surface area contributed by atoms with Crippen LogP contribution in [0.3, 0.4) is 0 Å². The highest BCUT2D eigenvalue weighted by Crippen LogP contribution is 2.25. The van der Waals surface area contributed by atoms with Crippen molar-refractivity contribution in [2.24, 2.45) is 0 Å². The van der Waals surface area contributed by atoms with Crippen LogP contribution in [0.5, 0.6) is 0 Å². The summed E-state index contributed by atoms with van der Waals surface area (Å²) in [5, 5.41) is 15.4. The van der Waals surface area contributed by atoms with Crippen molar-refractivity contribution in [1.82, 2.24) is 5.32 Å². The van der Waals surface area contributed by atoms with Crippen LogP contribution >= 0.6 is 12.2 Å². The number of rotatable bonds is 4. The van der Waals surface area contributed by atoms with Gasteiger partial charge in [0.25, 0.3) is 11.6 Å². The summed E-state index contributed by atoms with van der Waals surface area (Å²) in [6.07, 6.45) is 0. The zero-order valence-electron chi connectivity index (χ0n) is 15.5. The highest BCUT2D eigenvalue weighted by molar-refractivity contribution is 7.80. The number of amides is 1. The number of non-ortho nitro benzene ring substituents is 1. The molecule has 2 N–H and O–H groups in total. The van der Waals surface area contributed by atoms with E-state index in [1.807, 2.05) is 32.0 Å². The predicted molar refractivity (Wildman–Crippen MR) is 110 cm³/mol. The van der Waals surface area contributed by atoms with Gasteiger partial charge in [-0.15, -0.1) is 0 Å². The van der Waals surface area contributed by atoms with Crippen LogP contribution < -0.4 is 10.6 Å². The largest absolute Gasteiger partial charge is 0.451 e. The number of nitrogens with one attached hydrogen (secondary N) is 2. The van der Waals surface area contributed by atoms with Gasteiger partial charge >= 0.3 is 0 Å². The second kappa shape index (κ2) is 8.19. The van der Waals surface area contributed by atoms with Crippen molar-refractivity contribution in [2.75, 3.05) is 5.32 Å². The van der Waals surface area contributed by atoms with Gasteiger partial charge in [-0.1, -0.05) is 12.1 Å². The molecule has 0 aliphatic carbocycles. The van der Waals surface area contributed by atoms with Gasteiger partial charge in [-0.2, -0.15) is 0 Å². The molecule has 29 heavy (non-hydrogen) atoms. The maximum Gasteiger partial charge on any atom is 0.293 e. The van der Waals surface area contributed by atoms with E-state index in [1.54, 1.807) is 6.07 Å². The van der Waals surface area contributed by atoms with E-state index in [2.05, 4.69) is 10.6 Å². The lowest BCUT2D eigenvalue weighted by Crippen LogP contribution is -2.34. The third-order valence-electron chi connectivity index (χ3n) is 4.26. The smallest absolute Gasteiger partial charge is 0.293 e. The van der Waals surface area contributed by atoms with E-state index in [-0.39, 0.29) is 22.2 Å². The molecular formula is C20H16FN3O4S. The minimum absolute atomic E-state index is 0.0156. The first kappa shape index (κ1) is 20.2. The van der Waals surface area contributed by atoms with Gasteiger partial charge in [-0.3, -0.25) is 20.2 Å². The lowest BCUT2D eigenvalue weighted by Gasteiger charge is -2.09. The van der Waals surface area contributed by atoms with E-state index in [0.717, 1.165) is 34.9 Å². The highest BCUT2D eigenvalue weighted by atomic mass is 32.1. The summed E-state index contributed by atoms with van der Waals surface area (Å²) in [6, 6.07) is 11.9. The lowest BCUT2D eigenvalue weighted by molar-refractivity contribution is -0.384. The summed E-state index contributed by atoms with van der Waals surface area (Å²) in [6.45, 7) is 3.98. The number of nitrogens with zero attached hydrogens (tertiary/aromatic N) is 1. The van der Waals surface area contributed by atoms with Crippen molar-refractivity contribution in [2.45, 2.75) is 13.8 Å². The standard InChI is InChI=1S/C20H16FN3O4S/c1-11-3-4-13(9-12(11)2)17-7-8-18(28-17)19(25)23-20(29)22-16-10-14(24(26)27)5-6-15(16)21/h3-10H,1-2H3,(H2,22,23,25,29). The Hall–Kier alpha value is -3.59. The van der Waals surface area contributed by atoms with Crippen molar-refractivity contribution in [3.8, 4) is 11.3 Å². The molecule has 0 saturated carbocycles. The van der Waals surface area contributed by atoms with Gasteiger partial charge in [0.1, 0.15) is 11.6 Å². The first-order chi connectivity index (χ1) is 13.7. The molecule has 0 aliphatic heterocycles. The third kappa shape index (κ3) is 4.64. The second-order valence-corrected chi connectivity index (χ2v) is 6.70. The van der Waals surface area contributed by atoms with E-state index in [9.17, 15) is 19.3 Å². The molecule has 1 amide bonds. The summed E-state index contributed by atoms with van der Waals surface area (Å²) < 4.78 is 19.4. The van der Waals surface area contributed by atoms with Crippen LogP contribution in [0.25, 0.3) is 11.3 Å². The molecular weight excluding hydrogens is 397 g/mol. The summed E-state index contributed by atoms with van der Waals surface area (Å²) in [5.41, 5.74) is 2.52. The molecule has 1 aromatic heterocycles. The number of furan rings is 1. The first-order valence-electron chi connectivity index (χ1n) is 8.48. The molecule has 148 valence electrons. The van der Waals surface area contributed by atoms with E-state index in [1.165, 1.54) is 6.07 Å². The van der Waals surface area contributed by atoms with E-state index in [4.69, 9.17) is 16.6 Å². The molecule has 3 rings (SSSR count). The lowest BCUT2D eigenvalue weighted by atomic mass is 10.1. The highest BCUT2D eigenvalue weighted by Gasteiger charge is 2.16. The van der Waals surface area contributed by atoms with E-state index in [0.29, 0.717) is 5.76 Å². The number of carbonyl (C=O) groups excluding carboxylic acids is 1. The Morgan fingerprint density at radius 1 is 1.10 bits per heavy atom. The molecule has 1 heterocycles. The quantitative estimate of drug-likeness (QED) is 0.364. The minimum Gasteiger partial charge on any atom is -0.451 e. The molecule has 0 aliphatic rings. The normalized spacial score (nSPS) is 10.4. The molecule has 0 atom stereocenters. The number of thiocarbonyl (C=S) groups is 1. The van der Waals surface area contributed by atoms with Gasteiger partial charge in [-0.25, -0.2) is 4.39 Å². The summed E-state index contributed by atoms with van der Waals surface area (Å²) in [5.74, 6) is -0.852. The Balaban J connectivity index is 1.70. The van der Waals surface area contributed by atoms with Gasteiger partial charge in [0, 0.05) is 17.7 Å². The molecule has 7 nitrogen and oxygen atoms in total. The summed E-state index contributed by atoms with van der Waals surface area (Å²) in [7, 11) is 0. The molecule has 0 bridgehead atoms. The Bertz CT molecular complexity index is 1130. The van der Waals surface area contributed by atoms with Crippen LogP contribution in [0.1, 0.15) is 21.7 Å². The fraction of sp³-hybridized carbons (Fsp3) is 0.100. The first-order valence-corrected chi connectivity index (χ1v) is 8.89. The van der Waals surface area contributed by atoms with Gasteiger partial charge in [0.2, 0.25) is 0 Å². The maximum absolute atomic E-state index is 13.8. The van der Waals surface area contributed by atoms with Crippen LogP contribution in [0.4, 0.5) is 15.8 Å². The SMILES string of the molecule is Cc1ccc(-c2ccc(C(=O)NC(=S)Nc3cc([N+](=O)[O-])ccc3F)o2)cc1C. The van der Waals surface area contributed by atoms with Crippen molar-refractivity contribution in [1.29, 1.82) is 0 Å². The average Bonchev–Trinajstić information content (AvgIpc) is 3.16. The molecule has 2 aromatic carbocycles. The zero-order valence-corrected chi connectivity index (χ0v) is 16.3.